The van der Waals surface area contributed by atoms with E-state index in [2.05, 4.69) is 5.10 Å². The molecule has 1 N–H and O–H groups in total. The van der Waals surface area contributed by atoms with Crippen molar-refractivity contribution in [1.82, 2.24) is 9.78 Å². The summed E-state index contributed by atoms with van der Waals surface area (Å²) in [6.07, 6.45) is 7.72. The molecule has 0 bridgehead atoms. The summed E-state index contributed by atoms with van der Waals surface area (Å²) in [7, 11) is 0. The third kappa shape index (κ3) is 3.03. The molecule has 1 saturated carbocycles. The van der Waals surface area contributed by atoms with E-state index in [9.17, 15) is 9.59 Å². The van der Waals surface area contributed by atoms with Gasteiger partial charge in [-0.3, -0.25) is 19.4 Å². The van der Waals surface area contributed by atoms with Gasteiger partial charge in [-0.15, -0.1) is 0 Å². The highest BCUT2D eigenvalue weighted by Crippen LogP contribution is 2.27. The number of hydrogen-bond donors (Lipinski definition) is 1. The van der Waals surface area contributed by atoms with Gasteiger partial charge in [0.15, 0.2) is 0 Å². The molecule has 5 nitrogen and oxygen atoms in total. The van der Waals surface area contributed by atoms with Gasteiger partial charge in [-0.05, 0) is 19.8 Å². The Balaban J connectivity index is 2.06. The van der Waals surface area contributed by atoms with E-state index < -0.39 is 0 Å². The first-order valence-corrected chi connectivity index (χ1v) is 6.66. The van der Waals surface area contributed by atoms with E-state index in [0.29, 0.717) is 18.2 Å². The zero-order chi connectivity index (χ0) is 13.0. The molecule has 1 fully saturated rings. The number of aromatic amines is 1. The van der Waals surface area contributed by atoms with Crippen LogP contribution in [0.5, 0.6) is 0 Å². The second kappa shape index (κ2) is 5.89. The average Bonchev–Trinajstić information content (AvgIpc) is 2.72. The summed E-state index contributed by atoms with van der Waals surface area (Å²) >= 11 is 0. The highest BCUT2D eigenvalue weighted by atomic mass is 16.5. The first-order valence-electron chi connectivity index (χ1n) is 6.66. The Labute approximate surface area is 106 Å². The molecule has 5 heteroatoms. The lowest BCUT2D eigenvalue weighted by Gasteiger charge is -2.22. The molecule has 18 heavy (non-hydrogen) atoms. The second-order valence-corrected chi connectivity index (χ2v) is 4.78. The van der Waals surface area contributed by atoms with Crippen LogP contribution in [-0.4, -0.2) is 22.4 Å². The van der Waals surface area contributed by atoms with Crippen LogP contribution in [0.25, 0.3) is 0 Å². The summed E-state index contributed by atoms with van der Waals surface area (Å²) in [6.45, 7) is 2.11. The van der Waals surface area contributed by atoms with Gasteiger partial charge in [-0.1, -0.05) is 19.3 Å². The second-order valence-electron chi connectivity index (χ2n) is 4.78. The Morgan fingerprint density at radius 1 is 1.44 bits per heavy atom. The first kappa shape index (κ1) is 12.9. The van der Waals surface area contributed by atoms with Gasteiger partial charge < -0.3 is 4.74 Å². The quantitative estimate of drug-likeness (QED) is 0.831. The van der Waals surface area contributed by atoms with Crippen molar-refractivity contribution in [1.29, 1.82) is 0 Å². The van der Waals surface area contributed by atoms with E-state index in [-0.39, 0.29) is 17.9 Å². The fraction of sp³-hybridized carbons (Fsp3) is 0.692. The molecule has 0 radical (unpaired) electrons. The van der Waals surface area contributed by atoms with Crippen molar-refractivity contribution in [3.63, 3.8) is 0 Å². The molecule has 1 aromatic rings. The van der Waals surface area contributed by atoms with Gasteiger partial charge in [-0.25, -0.2) is 0 Å². The largest absolute Gasteiger partial charge is 0.466 e. The minimum Gasteiger partial charge on any atom is -0.466 e. The van der Waals surface area contributed by atoms with Crippen LogP contribution < -0.4 is 5.56 Å². The van der Waals surface area contributed by atoms with Gasteiger partial charge in [0.25, 0.3) is 5.56 Å². The minimum atomic E-state index is -0.343. The third-order valence-electron chi connectivity index (χ3n) is 3.43. The summed E-state index contributed by atoms with van der Waals surface area (Å²) in [6, 6.07) is 0.377. The normalized spacial score (nSPS) is 16.7. The lowest BCUT2D eigenvalue weighted by atomic mass is 9.96. The van der Waals surface area contributed by atoms with Gasteiger partial charge in [0.1, 0.15) is 0 Å². The molecule has 0 atom stereocenters. The fourth-order valence-electron chi connectivity index (χ4n) is 2.50. The number of H-pyrrole nitrogens is 1. The maximum Gasteiger partial charge on any atom is 0.310 e. The van der Waals surface area contributed by atoms with Crippen LogP contribution in [0.3, 0.4) is 0 Å². The SMILES string of the molecule is CCOC(=O)Cc1cn(C2CCCCC2)[nH]c1=O. The molecule has 0 aliphatic heterocycles. The van der Waals surface area contributed by atoms with E-state index in [1.807, 2.05) is 4.68 Å². The molecular weight excluding hydrogens is 232 g/mol. The molecule has 1 aliphatic carbocycles. The van der Waals surface area contributed by atoms with Crippen molar-refractivity contribution in [2.75, 3.05) is 6.61 Å². The van der Waals surface area contributed by atoms with E-state index >= 15 is 0 Å². The number of carbonyl (C=O) groups is 1. The van der Waals surface area contributed by atoms with Crippen LogP contribution in [0.2, 0.25) is 0 Å². The lowest BCUT2D eigenvalue weighted by molar-refractivity contribution is -0.142. The predicted molar refractivity (Wildman–Crippen MR) is 67.5 cm³/mol. The van der Waals surface area contributed by atoms with Crippen molar-refractivity contribution < 1.29 is 9.53 Å². The van der Waals surface area contributed by atoms with Crippen LogP contribution in [0.1, 0.15) is 50.6 Å². The number of aromatic nitrogens is 2. The molecule has 1 heterocycles. The van der Waals surface area contributed by atoms with Crippen molar-refractivity contribution in [2.24, 2.45) is 0 Å². The summed E-state index contributed by atoms with van der Waals surface area (Å²) in [5, 5.41) is 2.82. The van der Waals surface area contributed by atoms with Gasteiger partial charge in [0, 0.05) is 17.8 Å². The lowest BCUT2D eigenvalue weighted by Crippen LogP contribution is -2.16. The molecule has 1 aromatic heterocycles. The van der Waals surface area contributed by atoms with Crippen LogP contribution >= 0.6 is 0 Å². The fourth-order valence-corrected chi connectivity index (χ4v) is 2.50. The third-order valence-corrected chi connectivity index (χ3v) is 3.43. The number of ether oxygens (including phenoxy) is 1. The summed E-state index contributed by atoms with van der Waals surface area (Å²) in [4.78, 5) is 23.1. The number of nitrogens with zero attached hydrogens (tertiary/aromatic N) is 1. The highest BCUT2D eigenvalue weighted by Gasteiger charge is 2.18. The Hall–Kier alpha value is -1.52. The number of rotatable bonds is 4. The summed E-state index contributed by atoms with van der Waals surface area (Å²) in [5.41, 5.74) is 0.327. The van der Waals surface area contributed by atoms with Crippen LogP contribution in [0, 0.1) is 0 Å². The van der Waals surface area contributed by atoms with Crippen molar-refractivity contribution in [3.8, 4) is 0 Å². The molecule has 0 unspecified atom stereocenters. The monoisotopic (exact) mass is 252 g/mol. The number of hydrogen-bond acceptors (Lipinski definition) is 3. The maximum absolute atomic E-state index is 11.7. The van der Waals surface area contributed by atoms with Crippen molar-refractivity contribution in [2.45, 2.75) is 51.5 Å². The smallest absolute Gasteiger partial charge is 0.310 e. The average molecular weight is 252 g/mol. The van der Waals surface area contributed by atoms with Gasteiger partial charge in [-0.2, -0.15) is 0 Å². The highest BCUT2D eigenvalue weighted by molar-refractivity contribution is 5.72. The molecule has 0 aromatic carbocycles. The van der Waals surface area contributed by atoms with Crippen LogP contribution in [-0.2, 0) is 16.0 Å². The molecule has 1 aliphatic rings. The molecule has 0 saturated heterocycles. The summed E-state index contributed by atoms with van der Waals surface area (Å²) in [5.74, 6) is -0.343. The van der Waals surface area contributed by atoms with E-state index in [1.165, 1.54) is 19.3 Å². The van der Waals surface area contributed by atoms with Crippen molar-refractivity contribution in [3.05, 3.63) is 22.1 Å². The Morgan fingerprint density at radius 2 is 2.17 bits per heavy atom. The zero-order valence-electron chi connectivity index (χ0n) is 10.8. The molecular formula is C13H20N2O3. The van der Waals surface area contributed by atoms with Gasteiger partial charge >= 0.3 is 5.97 Å². The summed E-state index contributed by atoms with van der Waals surface area (Å²) < 4.78 is 6.73. The first-order chi connectivity index (χ1) is 8.70. The Kier molecular flexibility index (Phi) is 4.23. The van der Waals surface area contributed by atoms with Crippen molar-refractivity contribution >= 4 is 5.97 Å². The van der Waals surface area contributed by atoms with Gasteiger partial charge in [0.05, 0.1) is 13.0 Å². The molecule has 0 spiro atoms. The standard InChI is InChI=1S/C13H20N2O3/c1-2-18-12(16)8-10-9-15(14-13(10)17)11-6-4-3-5-7-11/h9,11H,2-8H2,1H3,(H,14,17). The maximum atomic E-state index is 11.7. The van der Waals surface area contributed by atoms with Crippen LogP contribution in [0.15, 0.2) is 11.0 Å². The Bertz CT molecular complexity index is 455. The van der Waals surface area contributed by atoms with E-state index in [4.69, 9.17) is 4.74 Å². The minimum absolute atomic E-state index is 0.0584. The van der Waals surface area contributed by atoms with Gasteiger partial charge in [0.2, 0.25) is 0 Å². The number of esters is 1. The van der Waals surface area contributed by atoms with Crippen LogP contribution in [0.4, 0.5) is 0 Å². The zero-order valence-corrected chi connectivity index (χ0v) is 10.8. The number of nitrogens with one attached hydrogen (secondary N) is 1. The topological polar surface area (TPSA) is 64.1 Å². The molecule has 2 rings (SSSR count). The van der Waals surface area contributed by atoms with E-state index in [0.717, 1.165) is 12.8 Å². The van der Waals surface area contributed by atoms with E-state index in [1.54, 1.807) is 13.1 Å². The molecule has 100 valence electrons. The number of carbonyl (C=O) groups excluding carboxylic acids is 1. The Morgan fingerprint density at radius 3 is 2.83 bits per heavy atom. The predicted octanol–water partition coefficient (Wildman–Crippen LogP) is 1.79. The molecule has 0 amide bonds.